The number of hydrogen-bond acceptors (Lipinski definition) is 3. The number of halogens is 2. The maximum absolute atomic E-state index is 13.4. The third kappa shape index (κ3) is 3.03. The summed E-state index contributed by atoms with van der Waals surface area (Å²) in [6, 6.07) is 9.33. The number of rotatable bonds is 4. The van der Waals surface area contributed by atoms with Crippen molar-refractivity contribution in [3.8, 4) is 17.2 Å². The van der Waals surface area contributed by atoms with Gasteiger partial charge in [-0.1, -0.05) is 17.7 Å². The van der Waals surface area contributed by atoms with Crippen LogP contribution in [0.3, 0.4) is 0 Å². The summed E-state index contributed by atoms with van der Waals surface area (Å²) in [4.78, 5) is 0. The molecule has 0 aromatic heterocycles. The maximum Gasteiger partial charge on any atom is 0.145 e. The normalized spacial score (nSPS) is 12.1. The van der Waals surface area contributed by atoms with Crippen LogP contribution in [0, 0.1) is 5.82 Å². The van der Waals surface area contributed by atoms with E-state index >= 15 is 0 Å². The molecule has 5 heteroatoms. The smallest absolute Gasteiger partial charge is 0.145 e. The molecule has 0 aliphatic carbocycles. The van der Waals surface area contributed by atoms with Crippen LogP contribution in [0.25, 0.3) is 0 Å². The third-order valence-corrected chi connectivity index (χ3v) is 3.13. The molecule has 2 rings (SSSR count). The molecule has 2 aromatic rings. The topological polar surface area (TPSA) is 44.5 Å². The SMILES string of the molecule is COc1cccc(Oc2ccc(Cl)c(F)c2)c1[C@@H](C)N. The lowest BCUT2D eigenvalue weighted by Crippen LogP contribution is -2.08. The molecule has 0 amide bonds. The van der Waals surface area contributed by atoms with E-state index in [0.29, 0.717) is 17.2 Å². The molecule has 0 unspecified atom stereocenters. The van der Waals surface area contributed by atoms with Crippen molar-refractivity contribution in [2.45, 2.75) is 13.0 Å². The van der Waals surface area contributed by atoms with Crippen LogP contribution in [0.1, 0.15) is 18.5 Å². The minimum absolute atomic E-state index is 0.0513. The highest BCUT2D eigenvalue weighted by Gasteiger charge is 2.15. The Morgan fingerprint density at radius 3 is 2.50 bits per heavy atom. The van der Waals surface area contributed by atoms with Gasteiger partial charge >= 0.3 is 0 Å². The summed E-state index contributed by atoms with van der Waals surface area (Å²) in [6.45, 7) is 1.83. The minimum Gasteiger partial charge on any atom is -0.496 e. The van der Waals surface area contributed by atoms with Gasteiger partial charge in [-0.05, 0) is 31.2 Å². The molecule has 0 spiro atoms. The first-order valence-corrected chi connectivity index (χ1v) is 6.46. The molecule has 0 bridgehead atoms. The summed E-state index contributed by atoms with van der Waals surface area (Å²) in [6.07, 6.45) is 0. The van der Waals surface area contributed by atoms with Crippen LogP contribution in [0.2, 0.25) is 5.02 Å². The van der Waals surface area contributed by atoms with E-state index in [1.165, 1.54) is 12.1 Å². The number of ether oxygens (including phenoxy) is 2. The van der Waals surface area contributed by atoms with Gasteiger partial charge < -0.3 is 15.2 Å². The molecule has 2 aromatic carbocycles. The quantitative estimate of drug-likeness (QED) is 0.914. The van der Waals surface area contributed by atoms with Gasteiger partial charge in [-0.25, -0.2) is 4.39 Å². The molecule has 0 saturated carbocycles. The van der Waals surface area contributed by atoms with Gasteiger partial charge in [0.1, 0.15) is 23.1 Å². The highest BCUT2D eigenvalue weighted by Crippen LogP contribution is 2.36. The number of nitrogens with two attached hydrogens (primary N) is 1. The summed E-state index contributed by atoms with van der Waals surface area (Å²) in [5, 5.41) is 0.0513. The highest BCUT2D eigenvalue weighted by atomic mass is 35.5. The maximum atomic E-state index is 13.4. The van der Waals surface area contributed by atoms with E-state index in [1.54, 1.807) is 31.4 Å². The van der Waals surface area contributed by atoms with E-state index < -0.39 is 5.82 Å². The molecular weight excluding hydrogens is 281 g/mol. The van der Waals surface area contributed by atoms with Crippen molar-refractivity contribution in [2.75, 3.05) is 7.11 Å². The van der Waals surface area contributed by atoms with Gasteiger partial charge in [0.25, 0.3) is 0 Å². The molecule has 106 valence electrons. The van der Waals surface area contributed by atoms with Gasteiger partial charge in [0.05, 0.1) is 17.7 Å². The van der Waals surface area contributed by atoms with Crippen molar-refractivity contribution in [3.63, 3.8) is 0 Å². The molecule has 0 aliphatic rings. The Balaban J connectivity index is 2.40. The number of hydrogen-bond donors (Lipinski definition) is 1. The van der Waals surface area contributed by atoms with E-state index in [2.05, 4.69) is 0 Å². The van der Waals surface area contributed by atoms with Crippen molar-refractivity contribution in [1.29, 1.82) is 0 Å². The lowest BCUT2D eigenvalue weighted by atomic mass is 10.1. The second-order valence-electron chi connectivity index (χ2n) is 4.34. The summed E-state index contributed by atoms with van der Waals surface area (Å²) in [7, 11) is 1.56. The van der Waals surface area contributed by atoms with Crippen LogP contribution in [-0.2, 0) is 0 Å². The van der Waals surface area contributed by atoms with Gasteiger partial charge in [-0.15, -0.1) is 0 Å². The Morgan fingerprint density at radius 1 is 1.20 bits per heavy atom. The Labute approximate surface area is 122 Å². The van der Waals surface area contributed by atoms with E-state index in [-0.39, 0.29) is 11.1 Å². The molecule has 3 nitrogen and oxygen atoms in total. The summed E-state index contributed by atoms with van der Waals surface area (Å²) in [5.41, 5.74) is 6.67. The Kier molecular flexibility index (Phi) is 4.47. The van der Waals surface area contributed by atoms with Gasteiger partial charge in [-0.2, -0.15) is 0 Å². The second kappa shape index (κ2) is 6.11. The average Bonchev–Trinajstić information content (AvgIpc) is 2.42. The fraction of sp³-hybridized carbons (Fsp3) is 0.200. The van der Waals surface area contributed by atoms with E-state index in [9.17, 15) is 4.39 Å². The highest BCUT2D eigenvalue weighted by molar-refractivity contribution is 6.30. The molecule has 2 N–H and O–H groups in total. The molecule has 0 radical (unpaired) electrons. The molecular formula is C15H15ClFNO2. The Bertz CT molecular complexity index is 617. The van der Waals surface area contributed by atoms with Crippen LogP contribution < -0.4 is 15.2 Å². The Hall–Kier alpha value is -1.78. The van der Waals surface area contributed by atoms with Gasteiger partial charge in [0.2, 0.25) is 0 Å². The average molecular weight is 296 g/mol. The van der Waals surface area contributed by atoms with Crippen molar-refractivity contribution < 1.29 is 13.9 Å². The first-order valence-electron chi connectivity index (χ1n) is 6.08. The predicted octanol–water partition coefficient (Wildman–Crippen LogP) is 4.30. The lowest BCUT2D eigenvalue weighted by Gasteiger charge is -2.17. The second-order valence-corrected chi connectivity index (χ2v) is 4.75. The molecule has 0 fully saturated rings. The fourth-order valence-corrected chi connectivity index (χ4v) is 2.02. The summed E-state index contributed by atoms with van der Waals surface area (Å²) >= 11 is 5.64. The third-order valence-electron chi connectivity index (χ3n) is 2.82. The lowest BCUT2D eigenvalue weighted by molar-refractivity contribution is 0.397. The molecule has 1 atom stereocenters. The number of methoxy groups -OCH3 is 1. The van der Waals surface area contributed by atoms with E-state index in [4.69, 9.17) is 26.8 Å². The predicted molar refractivity (Wildman–Crippen MR) is 77.1 cm³/mol. The van der Waals surface area contributed by atoms with Crippen LogP contribution in [0.4, 0.5) is 4.39 Å². The fourth-order valence-electron chi connectivity index (χ4n) is 1.91. The van der Waals surface area contributed by atoms with Gasteiger partial charge in [-0.3, -0.25) is 0 Å². The van der Waals surface area contributed by atoms with Crippen molar-refractivity contribution in [2.24, 2.45) is 5.73 Å². The van der Waals surface area contributed by atoms with E-state index in [1.807, 2.05) is 6.92 Å². The van der Waals surface area contributed by atoms with Crippen LogP contribution in [0.5, 0.6) is 17.2 Å². The molecule has 20 heavy (non-hydrogen) atoms. The minimum atomic E-state index is -0.533. The molecule has 0 saturated heterocycles. The number of benzene rings is 2. The summed E-state index contributed by atoms with van der Waals surface area (Å²) in [5.74, 6) is 0.976. The first kappa shape index (κ1) is 14.6. The standard InChI is InChI=1S/C15H15ClFNO2/c1-9(18)15-13(19-2)4-3-5-14(15)20-10-6-7-11(16)12(17)8-10/h3-9H,18H2,1-2H3/t9-/m1/s1. The van der Waals surface area contributed by atoms with Crippen molar-refractivity contribution >= 4 is 11.6 Å². The van der Waals surface area contributed by atoms with Crippen molar-refractivity contribution in [3.05, 3.63) is 52.8 Å². The van der Waals surface area contributed by atoms with Crippen LogP contribution in [-0.4, -0.2) is 7.11 Å². The summed E-state index contributed by atoms with van der Waals surface area (Å²) < 4.78 is 24.4. The zero-order chi connectivity index (χ0) is 14.7. The van der Waals surface area contributed by atoms with Crippen LogP contribution in [0.15, 0.2) is 36.4 Å². The zero-order valence-electron chi connectivity index (χ0n) is 11.2. The van der Waals surface area contributed by atoms with E-state index in [0.717, 1.165) is 5.56 Å². The largest absolute Gasteiger partial charge is 0.496 e. The Morgan fingerprint density at radius 2 is 1.90 bits per heavy atom. The first-order chi connectivity index (χ1) is 9.52. The molecule has 0 aliphatic heterocycles. The monoisotopic (exact) mass is 295 g/mol. The van der Waals surface area contributed by atoms with Gasteiger partial charge in [0, 0.05) is 12.1 Å². The van der Waals surface area contributed by atoms with Gasteiger partial charge in [0.15, 0.2) is 0 Å². The zero-order valence-corrected chi connectivity index (χ0v) is 11.9. The van der Waals surface area contributed by atoms with Crippen LogP contribution >= 0.6 is 11.6 Å². The van der Waals surface area contributed by atoms with Crippen molar-refractivity contribution in [1.82, 2.24) is 0 Å². The molecule has 0 heterocycles.